The number of aliphatic carboxylic acids is 2. The molecule has 20 heteroatoms. The van der Waals surface area contributed by atoms with Gasteiger partial charge in [0.25, 0.3) is 11.8 Å². The zero-order chi connectivity index (χ0) is 30.9. The third kappa shape index (κ3) is 6.25. The van der Waals surface area contributed by atoms with Crippen molar-refractivity contribution >= 4 is 74.6 Å². The van der Waals surface area contributed by atoms with Crippen LogP contribution in [0.25, 0.3) is 0 Å². The van der Waals surface area contributed by atoms with Crippen molar-refractivity contribution in [3.8, 4) is 0 Å². The molecule has 0 spiro atoms. The fraction of sp³-hybridized carbons (Fsp3) is 0.409. The number of oxime groups is 1. The van der Waals surface area contributed by atoms with E-state index in [0.717, 1.165) is 16.2 Å². The highest BCUT2D eigenvalue weighted by atomic mass is 32.2. The lowest BCUT2D eigenvalue weighted by molar-refractivity contribution is -0.150. The molecule has 0 bridgehead atoms. The molecule has 3 unspecified atom stereocenters. The summed E-state index contributed by atoms with van der Waals surface area (Å²) in [6.07, 6.45) is -1.92. The fourth-order valence-corrected chi connectivity index (χ4v) is 7.09. The number of thiazole rings is 1. The molecule has 1 fully saturated rings. The Morgan fingerprint density at radius 3 is 2.64 bits per heavy atom. The van der Waals surface area contributed by atoms with E-state index in [9.17, 15) is 24.3 Å². The molecule has 0 saturated carbocycles. The number of nitrogens with zero attached hydrogens (tertiary/aromatic N) is 5. The second-order valence-electron chi connectivity index (χ2n) is 9.22. The predicted octanol–water partition coefficient (Wildman–Crippen LogP) is -1.55. The summed E-state index contributed by atoms with van der Waals surface area (Å²) in [5, 5.41) is 26.6. The Morgan fingerprint density at radius 2 is 2.02 bits per heavy atom. The first-order valence-corrected chi connectivity index (χ1v) is 15.0. The highest BCUT2D eigenvalue weighted by Crippen LogP contribution is 2.41. The van der Waals surface area contributed by atoms with Crippen LogP contribution in [0.1, 0.15) is 19.0 Å². The van der Waals surface area contributed by atoms with E-state index in [4.69, 9.17) is 32.9 Å². The lowest BCUT2D eigenvalue weighted by Crippen LogP contribution is -2.71. The Balaban J connectivity index is 1.49. The molecule has 226 valence electrons. The van der Waals surface area contributed by atoms with Gasteiger partial charge in [0.15, 0.2) is 16.0 Å². The largest absolute Gasteiger partial charge is 0.481 e. The Morgan fingerprint density at radius 1 is 1.31 bits per heavy atom. The number of carbonyl (C=O) groups excluding carboxylic acids is 2. The number of aliphatic imine (C=N–C) groups is 1. The number of nitrogen functional groups attached to an aromatic ring is 1. The van der Waals surface area contributed by atoms with E-state index in [1.165, 1.54) is 35.8 Å². The van der Waals surface area contributed by atoms with Gasteiger partial charge in [-0.15, -0.1) is 23.1 Å². The van der Waals surface area contributed by atoms with Gasteiger partial charge in [-0.1, -0.05) is 16.9 Å². The van der Waals surface area contributed by atoms with Crippen molar-refractivity contribution in [2.45, 2.75) is 37.0 Å². The van der Waals surface area contributed by atoms with E-state index < -0.39 is 47.4 Å². The lowest BCUT2D eigenvalue weighted by atomic mass is 10.0. The maximum Gasteiger partial charge on any atom is 0.352 e. The molecule has 4 rings (SSSR count). The molecule has 42 heavy (non-hydrogen) atoms. The molecule has 11 N–H and O–H groups in total. The van der Waals surface area contributed by atoms with Crippen molar-refractivity contribution in [2.24, 2.45) is 27.3 Å². The summed E-state index contributed by atoms with van der Waals surface area (Å²) >= 11 is 3.52. The number of likely N-dealkylation sites (N-methyl/N-ethyl adjacent to an activating group) is 1. The summed E-state index contributed by atoms with van der Waals surface area (Å²) in [6.45, 7) is 1.46. The van der Waals surface area contributed by atoms with E-state index in [-0.39, 0.29) is 51.7 Å². The number of amides is 2. The maximum atomic E-state index is 13.2. The molecule has 3 aliphatic rings. The van der Waals surface area contributed by atoms with E-state index in [0.29, 0.717) is 10.7 Å². The molecule has 0 radical (unpaired) electrons. The molecule has 2 amide bonds. The zero-order valence-electron chi connectivity index (χ0n) is 22.2. The Bertz CT molecular complexity index is 1440. The summed E-state index contributed by atoms with van der Waals surface area (Å²) in [5.74, 6) is -3.37. The van der Waals surface area contributed by atoms with Gasteiger partial charge in [-0.05, 0) is 12.5 Å². The number of rotatable bonds is 10. The summed E-state index contributed by atoms with van der Waals surface area (Å²) in [6, 6.07) is -1.07. The number of carboxylic acids is 2. The van der Waals surface area contributed by atoms with Crippen molar-refractivity contribution < 1.29 is 34.2 Å². The second-order valence-corrected chi connectivity index (χ2v) is 12.2. The predicted molar refractivity (Wildman–Crippen MR) is 157 cm³/mol. The topological polar surface area (TPSA) is 278 Å². The lowest BCUT2D eigenvalue weighted by Gasteiger charge is -2.49. The van der Waals surface area contributed by atoms with Gasteiger partial charge in [-0.25, -0.2) is 14.8 Å². The number of nitrogens with one attached hydrogen (secondary N) is 1. The van der Waals surface area contributed by atoms with Crippen molar-refractivity contribution in [3.63, 3.8) is 0 Å². The number of thioether (sulfide) groups is 2. The van der Waals surface area contributed by atoms with Crippen molar-refractivity contribution in [2.75, 3.05) is 24.3 Å². The van der Waals surface area contributed by atoms with Gasteiger partial charge < -0.3 is 48.2 Å². The average Bonchev–Trinajstić information content (AvgIpc) is 3.36. The van der Waals surface area contributed by atoms with Crippen LogP contribution in [0.3, 0.4) is 0 Å². The van der Waals surface area contributed by atoms with Crippen LogP contribution in [0.5, 0.6) is 0 Å². The van der Waals surface area contributed by atoms with Crippen LogP contribution < -0.4 is 28.3 Å². The third-order valence-corrected chi connectivity index (χ3v) is 9.37. The van der Waals surface area contributed by atoms with Crippen molar-refractivity contribution in [1.29, 1.82) is 0 Å². The molecular formula is C22H28N10O7S3. The van der Waals surface area contributed by atoms with Gasteiger partial charge in [0.1, 0.15) is 40.9 Å². The monoisotopic (exact) mass is 640 g/mol. The molecule has 17 nitrogen and oxygen atoms in total. The smallest absolute Gasteiger partial charge is 0.352 e. The molecule has 0 aliphatic carbocycles. The molecule has 0 aromatic carbocycles. The van der Waals surface area contributed by atoms with Crippen molar-refractivity contribution in [1.82, 2.24) is 20.1 Å². The number of β-lactam (4-membered cyclic amide) rings is 1. The maximum absolute atomic E-state index is 13.2. The zero-order valence-corrected chi connectivity index (χ0v) is 24.7. The summed E-state index contributed by atoms with van der Waals surface area (Å²) in [4.78, 5) is 65.7. The number of hydrogen-bond donors (Lipinski definition) is 7. The number of amidine groups is 1. The quantitative estimate of drug-likeness (QED) is 0.0866. The van der Waals surface area contributed by atoms with E-state index in [1.54, 1.807) is 11.9 Å². The minimum Gasteiger partial charge on any atom is -0.481 e. The summed E-state index contributed by atoms with van der Waals surface area (Å²) in [7, 11) is 1.68. The summed E-state index contributed by atoms with van der Waals surface area (Å²) < 4.78 is 0. The van der Waals surface area contributed by atoms with Crippen LogP contribution in [0.15, 0.2) is 38.3 Å². The number of carboxylic acid groups (broad SMARTS) is 2. The Kier molecular flexibility index (Phi) is 9.18. The Labute approximate surface area is 251 Å². The molecule has 4 atom stereocenters. The van der Waals surface area contributed by atoms with Crippen LogP contribution in [0.2, 0.25) is 0 Å². The van der Waals surface area contributed by atoms with Crippen molar-refractivity contribution in [3.05, 3.63) is 33.9 Å². The van der Waals surface area contributed by atoms with Gasteiger partial charge >= 0.3 is 11.9 Å². The molecule has 1 aromatic rings. The molecular weight excluding hydrogens is 613 g/mol. The van der Waals surface area contributed by atoms with Crippen LogP contribution in [0.4, 0.5) is 5.13 Å². The number of fused-ring (bicyclic) bond motifs is 1. The standard InChI is InChI=1S/C22H28N10O7S3/c1-7(3-10(33)34)39-30-12(9-6-41-21(26)27-9)17(35)28-13-18(36)32-14(20(37)38)8(4-40-19(13)32)5-42-22-29-15(24)11(23)16(25)31(22)2/h6-7,13,16,19H,3-5,23-25H2,1-2H3,(H2,26,27)(H,28,35)(H,33,34)(H,37,38)/b30-12-/t7?,13?,16?,19-/m0/s1. The van der Waals surface area contributed by atoms with Gasteiger partial charge in [-0.2, -0.15) is 0 Å². The Hall–Kier alpha value is -4.01. The molecule has 1 saturated heterocycles. The highest BCUT2D eigenvalue weighted by molar-refractivity contribution is 8.14. The number of nitrogens with two attached hydrogens (primary N) is 4. The van der Waals surface area contributed by atoms with Crippen LogP contribution >= 0.6 is 34.9 Å². The third-order valence-electron chi connectivity index (χ3n) is 6.23. The van der Waals surface area contributed by atoms with E-state index in [1.807, 2.05) is 0 Å². The van der Waals surface area contributed by atoms with Crippen LogP contribution in [-0.4, -0.2) is 102 Å². The first-order valence-electron chi connectivity index (χ1n) is 12.1. The minimum atomic E-state index is -1.30. The average molecular weight is 641 g/mol. The van der Waals surface area contributed by atoms with E-state index in [2.05, 4.69) is 20.4 Å². The molecule has 4 heterocycles. The summed E-state index contributed by atoms with van der Waals surface area (Å²) in [5.41, 5.74) is 23.7. The first-order chi connectivity index (χ1) is 19.8. The number of anilines is 1. The van der Waals surface area contributed by atoms with Gasteiger partial charge in [0.05, 0.1) is 12.1 Å². The fourth-order valence-electron chi connectivity index (χ4n) is 4.04. The number of hydrogen-bond acceptors (Lipinski definition) is 16. The molecule has 3 aliphatic heterocycles. The normalized spacial score (nSPS) is 23.2. The van der Waals surface area contributed by atoms with Crippen LogP contribution in [-0.2, 0) is 24.0 Å². The SMILES string of the molecule is CC(CC(=O)O)O/N=C(\C(=O)NC1C(=O)N2C(C(=O)O)=C(CSC3=NC(N)=C(N)C(N)N3C)CS[C@@H]12)c1csc(N)n1. The number of carbonyl (C=O) groups is 4. The van der Waals surface area contributed by atoms with Gasteiger partial charge in [-0.3, -0.25) is 19.3 Å². The van der Waals surface area contributed by atoms with Gasteiger partial charge in [0, 0.05) is 23.9 Å². The highest BCUT2D eigenvalue weighted by Gasteiger charge is 2.54. The van der Waals surface area contributed by atoms with Crippen LogP contribution in [0, 0.1) is 0 Å². The van der Waals surface area contributed by atoms with Gasteiger partial charge in [0.2, 0.25) is 0 Å². The second kappa shape index (κ2) is 12.5. The minimum absolute atomic E-state index is 0.0652. The first kappa shape index (κ1) is 30.9. The van der Waals surface area contributed by atoms with E-state index >= 15 is 0 Å². The molecule has 1 aromatic heterocycles. The number of aromatic nitrogens is 1.